The van der Waals surface area contributed by atoms with Crippen molar-refractivity contribution in [2.24, 2.45) is 0 Å². The van der Waals surface area contributed by atoms with E-state index < -0.39 is 5.50 Å². The summed E-state index contributed by atoms with van der Waals surface area (Å²) in [6, 6.07) is 3.59. The van der Waals surface area contributed by atoms with Gasteiger partial charge in [0.2, 0.25) is 0 Å². The van der Waals surface area contributed by atoms with Gasteiger partial charge in [-0.2, -0.15) is 5.48 Å². The number of rotatable bonds is 2. The van der Waals surface area contributed by atoms with Crippen LogP contribution in [0.3, 0.4) is 0 Å². The highest BCUT2D eigenvalue weighted by molar-refractivity contribution is 6.20. The first-order valence-corrected chi connectivity index (χ1v) is 2.95. The lowest BCUT2D eigenvalue weighted by Crippen LogP contribution is -2.10. The van der Waals surface area contributed by atoms with Gasteiger partial charge >= 0.3 is 0 Å². The fourth-order valence-electron chi connectivity index (χ4n) is 0.571. The van der Waals surface area contributed by atoms with Gasteiger partial charge in [0.1, 0.15) is 5.50 Å². The van der Waals surface area contributed by atoms with E-state index in [4.69, 9.17) is 16.8 Å². The topological polar surface area (TPSA) is 48.0 Å². The zero-order valence-electron chi connectivity index (χ0n) is 4.63. The molecule has 9 heavy (non-hydrogen) atoms. The van der Waals surface area contributed by atoms with Gasteiger partial charge in [0.05, 0.1) is 0 Å². The molecule has 0 bridgehead atoms. The molecule has 0 fully saturated rings. The maximum Gasteiger partial charge on any atom is 0.145 e. The van der Waals surface area contributed by atoms with Crippen LogP contribution in [-0.4, -0.2) is 10.2 Å². The van der Waals surface area contributed by atoms with Gasteiger partial charge < -0.3 is 10.2 Å². The zero-order chi connectivity index (χ0) is 6.69. The van der Waals surface area contributed by atoms with Crippen molar-refractivity contribution < 1.29 is 5.21 Å². The highest BCUT2D eigenvalue weighted by Crippen LogP contribution is 2.12. The lowest BCUT2D eigenvalue weighted by atomic mass is 10.4. The summed E-state index contributed by atoms with van der Waals surface area (Å²) in [5.41, 5.74) is 2.11. The first-order chi connectivity index (χ1) is 4.34. The first-order valence-electron chi connectivity index (χ1n) is 2.51. The molecule has 1 heterocycles. The third-order valence-electron chi connectivity index (χ3n) is 1.01. The Kier molecular flexibility index (Phi) is 2.10. The maximum absolute atomic E-state index is 8.30. The van der Waals surface area contributed by atoms with Crippen LogP contribution in [0.5, 0.6) is 0 Å². The molecule has 50 valence electrons. The molecule has 0 aromatic carbocycles. The van der Waals surface area contributed by atoms with E-state index in [0.717, 1.165) is 5.69 Å². The van der Waals surface area contributed by atoms with Crippen molar-refractivity contribution in [3.05, 3.63) is 24.0 Å². The summed E-state index contributed by atoms with van der Waals surface area (Å²) in [4.78, 5) is 2.83. The molecule has 0 radical (unpaired) electrons. The van der Waals surface area contributed by atoms with Gasteiger partial charge in [0, 0.05) is 11.9 Å². The fraction of sp³-hybridized carbons (Fsp3) is 0.200. The molecular weight excluding hydrogens is 140 g/mol. The van der Waals surface area contributed by atoms with Gasteiger partial charge in [-0.25, -0.2) is 0 Å². The van der Waals surface area contributed by atoms with Crippen LogP contribution in [-0.2, 0) is 0 Å². The van der Waals surface area contributed by atoms with Crippen molar-refractivity contribution in [1.29, 1.82) is 0 Å². The van der Waals surface area contributed by atoms with Crippen LogP contribution >= 0.6 is 11.6 Å². The largest absolute Gasteiger partial charge is 0.363 e. The average molecular weight is 147 g/mol. The Labute approximate surface area is 57.6 Å². The molecule has 0 aliphatic heterocycles. The minimum absolute atomic E-state index is 0.542. The molecule has 3 nitrogen and oxygen atoms in total. The number of alkyl halides is 1. The van der Waals surface area contributed by atoms with Gasteiger partial charge in [-0.05, 0) is 12.1 Å². The molecule has 0 saturated heterocycles. The third kappa shape index (κ3) is 1.45. The van der Waals surface area contributed by atoms with Crippen LogP contribution in [0, 0.1) is 0 Å². The van der Waals surface area contributed by atoms with Crippen LogP contribution in [0.1, 0.15) is 11.2 Å². The summed E-state index contributed by atoms with van der Waals surface area (Å²) in [5, 5.41) is 8.30. The van der Waals surface area contributed by atoms with Crippen LogP contribution in [0.25, 0.3) is 0 Å². The number of halogens is 1. The Hall–Kier alpha value is -0.510. The number of H-pyrrole nitrogens is 1. The van der Waals surface area contributed by atoms with Crippen molar-refractivity contribution in [3.63, 3.8) is 0 Å². The molecule has 1 rings (SSSR count). The van der Waals surface area contributed by atoms with Gasteiger partial charge in [-0.3, -0.25) is 0 Å². The molecule has 1 aromatic rings. The van der Waals surface area contributed by atoms with Crippen LogP contribution in [0.2, 0.25) is 0 Å². The van der Waals surface area contributed by atoms with Crippen LogP contribution in [0.15, 0.2) is 18.3 Å². The Morgan fingerprint density at radius 2 is 2.56 bits per heavy atom. The highest BCUT2D eigenvalue weighted by Gasteiger charge is 2.03. The van der Waals surface area contributed by atoms with Gasteiger partial charge in [-0.1, -0.05) is 11.6 Å². The summed E-state index contributed by atoms with van der Waals surface area (Å²) in [7, 11) is 0. The zero-order valence-corrected chi connectivity index (χ0v) is 5.39. The first kappa shape index (κ1) is 6.61. The second-order valence-electron chi connectivity index (χ2n) is 1.62. The van der Waals surface area contributed by atoms with E-state index >= 15 is 0 Å². The van der Waals surface area contributed by atoms with E-state index in [-0.39, 0.29) is 0 Å². The fourth-order valence-corrected chi connectivity index (χ4v) is 0.707. The number of aromatic amines is 1. The Morgan fingerprint density at radius 3 is 3.00 bits per heavy atom. The van der Waals surface area contributed by atoms with Crippen molar-refractivity contribution in [3.8, 4) is 0 Å². The predicted molar refractivity (Wildman–Crippen MR) is 34.3 cm³/mol. The molecule has 1 atom stereocenters. The van der Waals surface area contributed by atoms with Crippen LogP contribution in [0.4, 0.5) is 0 Å². The van der Waals surface area contributed by atoms with Crippen LogP contribution < -0.4 is 5.48 Å². The van der Waals surface area contributed by atoms with E-state index in [1.807, 2.05) is 11.5 Å². The summed E-state index contributed by atoms with van der Waals surface area (Å²) in [5.74, 6) is 0. The summed E-state index contributed by atoms with van der Waals surface area (Å²) >= 11 is 5.54. The number of hydrogen-bond donors (Lipinski definition) is 3. The van der Waals surface area contributed by atoms with E-state index in [1.54, 1.807) is 12.3 Å². The minimum Gasteiger partial charge on any atom is -0.363 e. The molecule has 0 spiro atoms. The number of aromatic nitrogens is 1. The standard InChI is InChI=1S/C5H7ClN2O/c6-5(8-9)4-2-1-3-7-4/h1-3,5,7-9H. The highest BCUT2D eigenvalue weighted by atomic mass is 35.5. The molecule has 1 aromatic heterocycles. The van der Waals surface area contributed by atoms with E-state index in [0.29, 0.717) is 0 Å². The Bertz CT molecular complexity index is 163. The number of hydroxylamine groups is 1. The number of nitrogens with one attached hydrogen (secondary N) is 2. The van der Waals surface area contributed by atoms with Gasteiger partial charge in [0.15, 0.2) is 0 Å². The number of hydrogen-bond acceptors (Lipinski definition) is 2. The van der Waals surface area contributed by atoms with Crippen molar-refractivity contribution in [2.45, 2.75) is 5.50 Å². The Morgan fingerprint density at radius 1 is 1.78 bits per heavy atom. The predicted octanol–water partition coefficient (Wildman–Crippen LogP) is 1.23. The normalized spacial score (nSPS) is 13.6. The van der Waals surface area contributed by atoms with E-state index in [2.05, 4.69) is 4.98 Å². The summed E-state index contributed by atoms with van der Waals surface area (Å²) in [6.07, 6.45) is 1.74. The third-order valence-corrected chi connectivity index (χ3v) is 1.34. The monoisotopic (exact) mass is 146 g/mol. The molecule has 0 aliphatic carbocycles. The molecule has 3 N–H and O–H groups in total. The van der Waals surface area contributed by atoms with Crippen molar-refractivity contribution >= 4 is 11.6 Å². The van der Waals surface area contributed by atoms with E-state index in [1.165, 1.54) is 0 Å². The SMILES string of the molecule is ONC(Cl)c1ccc[nH]1. The van der Waals surface area contributed by atoms with Gasteiger partial charge in [0.25, 0.3) is 0 Å². The van der Waals surface area contributed by atoms with Crippen molar-refractivity contribution in [1.82, 2.24) is 10.5 Å². The molecule has 0 aliphatic rings. The average Bonchev–Trinajstić information content (AvgIpc) is 2.37. The molecule has 1 unspecified atom stereocenters. The molecular formula is C5H7ClN2O. The molecule has 4 heteroatoms. The minimum atomic E-state index is -0.542. The molecule has 0 amide bonds. The van der Waals surface area contributed by atoms with Crippen molar-refractivity contribution in [2.75, 3.05) is 0 Å². The lowest BCUT2D eigenvalue weighted by Gasteiger charge is -2.01. The second kappa shape index (κ2) is 2.87. The van der Waals surface area contributed by atoms with Gasteiger partial charge in [-0.15, -0.1) is 0 Å². The van der Waals surface area contributed by atoms with E-state index in [9.17, 15) is 0 Å². The summed E-state index contributed by atoms with van der Waals surface area (Å²) < 4.78 is 0. The second-order valence-corrected chi connectivity index (χ2v) is 2.05. The smallest absolute Gasteiger partial charge is 0.145 e. The lowest BCUT2D eigenvalue weighted by molar-refractivity contribution is 0.154. The maximum atomic E-state index is 8.30. The molecule has 0 saturated carbocycles. The Balaban J connectivity index is 2.65. The summed E-state index contributed by atoms with van der Waals surface area (Å²) in [6.45, 7) is 0. The quantitative estimate of drug-likeness (QED) is 0.334.